The maximum atomic E-state index is 12.0. The monoisotopic (exact) mass is 519 g/mol. The van der Waals surface area contributed by atoms with Gasteiger partial charge in [-0.05, 0) is 22.3 Å². The number of thiazole rings is 1. The first-order chi connectivity index (χ1) is 18.7. The highest BCUT2D eigenvalue weighted by Crippen LogP contribution is 2.40. The zero-order valence-corrected chi connectivity index (χ0v) is 21.2. The van der Waals surface area contributed by atoms with Gasteiger partial charge in [-0.1, -0.05) is 126 Å². The highest BCUT2D eigenvalue weighted by Gasteiger charge is 2.37. The third-order valence-electron chi connectivity index (χ3n) is 6.09. The van der Waals surface area contributed by atoms with Gasteiger partial charge in [-0.15, -0.1) is 11.3 Å². The molecule has 6 nitrogen and oxygen atoms in total. The minimum absolute atomic E-state index is 0.159. The van der Waals surface area contributed by atoms with Crippen LogP contribution in [-0.2, 0) is 21.8 Å². The molecule has 0 radical (unpaired) electrons. The van der Waals surface area contributed by atoms with Gasteiger partial charge in [-0.3, -0.25) is 0 Å². The van der Waals surface area contributed by atoms with E-state index in [9.17, 15) is 9.90 Å². The Morgan fingerprint density at radius 1 is 0.789 bits per heavy atom. The molecule has 0 bridgehead atoms. The van der Waals surface area contributed by atoms with Gasteiger partial charge in [-0.25, -0.2) is 9.78 Å². The molecule has 0 fully saturated rings. The number of carboxylic acid groups (broad SMARTS) is 1. The van der Waals surface area contributed by atoms with E-state index in [1.807, 2.05) is 84.9 Å². The fraction of sp³-hybridized carbons (Fsp3) is 0.0645. The maximum absolute atomic E-state index is 12.0. The lowest BCUT2D eigenvalue weighted by Crippen LogP contribution is -2.38. The van der Waals surface area contributed by atoms with Crippen LogP contribution in [0.4, 0.5) is 5.13 Å². The van der Waals surface area contributed by atoms with E-state index in [1.54, 1.807) is 5.38 Å². The van der Waals surface area contributed by atoms with E-state index in [0.29, 0.717) is 5.13 Å². The Bertz CT molecular complexity index is 1410. The van der Waals surface area contributed by atoms with Crippen molar-refractivity contribution in [3.8, 4) is 0 Å². The first kappa shape index (κ1) is 24.9. The van der Waals surface area contributed by atoms with Gasteiger partial charge in [-0.2, -0.15) is 0 Å². The van der Waals surface area contributed by atoms with Gasteiger partial charge >= 0.3 is 5.97 Å². The lowest BCUT2D eigenvalue weighted by Gasteiger charge is -2.36. The highest BCUT2D eigenvalue weighted by atomic mass is 32.1. The van der Waals surface area contributed by atoms with Crippen LogP contribution in [0, 0.1) is 0 Å². The molecule has 0 aliphatic carbocycles. The number of carboxylic acids is 1. The lowest BCUT2D eigenvalue weighted by molar-refractivity contribution is -0.129. The van der Waals surface area contributed by atoms with E-state index in [-0.39, 0.29) is 18.0 Å². The molecule has 7 heteroatoms. The van der Waals surface area contributed by atoms with Crippen LogP contribution in [-0.4, -0.2) is 21.8 Å². The Hall–Kier alpha value is -4.75. The van der Waals surface area contributed by atoms with Crippen molar-refractivity contribution in [1.82, 2.24) is 4.98 Å². The number of nitrogens with one attached hydrogen (secondary N) is 1. The van der Waals surface area contributed by atoms with Crippen molar-refractivity contribution < 1.29 is 14.7 Å². The van der Waals surface area contributed by atoms with Crippen molar-refractivity contribution in [3.05, 3.63) is 155 Å². The fourth-order valence-electron chi connectivity index (χ4n) is 4.32. The maximum Gasteiger partial charge on any atom is 0.360 e. The molecule has 0 aliphatic heterocycles. The van der Waals surface area contributed by atoms with Crippen molar-refractivity contribution in [3.63, 3.8) is 0 Å². The highest BCUT2D eigenvalue weighted by molar-refractivity contribution is 7.14. The molecule has 5 rings (SSSR count). The molecular weight excluding hydrogens is 494 g/mol. The molecule has 0 unspecified atom stereocenters. The number of aliphatic carboxylic acids is 1. The molecule has 188 valence electrons. The topological polar surface area (TPSA) is 83.8 Å². The van der Waals surface area contributed by atoms with E-state index in [0.717, 1.165) is 22.3 Å². The Morgan fingerprint density at radius 3 is 1.74 bits per heavy atom. The average Bonchev–Trinajstić information content (AvgIpc) is 3.43. The van der Waals surface area contributed by atoms with Gasteiger partial charge < -0.3 is 15.3 Å². The largest absolute Gasteiger partial charge is 0.476 e. The summed E-state index contributed by atoms with van der Waals surface area (Å²) in [6, 6.07) is 39.9. The Balaban J connectivity index is 1.53. The number of hydrogen-bond acceptors (Lipinski definition) is 6. The minimum atomic E-state index is -1.21. The first-order valence-electron chi connectivity index (χ1n) is 12.0. The van der Waals surface area contributed by atoms with Gasteiger partial charge in [0.15, 0.2) is 5.13 Å². The predicted octanol–water partition coefficient (Wildman–Crippen LogP) is 6.55. The van der Waals surface area contributed by atoms with Crippen LogP contribution in [0.1, 0.15) is 27.9 Å². The number of anilines is 1. The Labute approximate surface area is 224 Å². The van der Waals surface area contributed by atoms with E-state index in [2.05, 4.69) is 51.9 Å². The molecule has 0 spiro atoms. The predicted molar refractivity (Wildman–Crippen MR) is 150 cm³/mol. The van der Waals surface area contributed by atoms with Crippen molar-refractivity contribution in [2.24, 2.45) is 5.16 Å². The number of oxime groups is 1. The number of aromatic nitrogens is 1. The quantitative estimate of drug-likeness (QED) is 0.124. The molecule has 0 saturated carbocycles. The smallest absolute Gasteiger partial charge is 0.360 e. The van der Waals surface area contributed by atoms with Crippen molar-refractivity contribution >= 4 is 28.1 Å². The molecular formula is C31H25N3O3S. The molecule has 0 aliphatic rings. The normalized spacial score (nSPS) is 11.6. The van der Waals surface area contributed by atoms with E-state index in [1.165, 1.54) is 11.3 Å². The average molecular weight is 520 g/mol. The van der Waals surface area contributed by atoms with Crippen LogP contribution in [0.15, 0.2) is 132 Å². The van der Waals surface area contributed by atoms with E-state index >= 15 is 0 Å². The molecule has 4 aromatic carbocycles. The summed E-state index contributed by atoms with van der Waals surface area (Å²) in [7, 11) is 0. The van der Waals surface area contributed by atoms with Crippen molar-refractivity contribution in [2.45, 2.75) is 12.1 Å². The summed E-state index contributed by atoms with van der Waals surface area (Å²) in [5.41, 5.74) is 3.15. The van der Waals surface area contributed by atoms with Crippen LogP contribution in [0.3, 0.4) is 0 Å². The lowest BCUT2D eigenvalue weighted by atomic mass is 9.77. The number of hydrogen-bond donors (Lipinski definition) is 2. The molecule has 0 saturated heterocycles. The summed E-state index contributed by atoms with van der Waals surface area (Å²) in [5, 5.41) is 19.6. The second-order valence-electron chi connectivity index (χ2n) is 8.52. The second-order valence-corrected chi connectivity index (χ2v) is 9.37. The van der Waals surface area contributed by atoms with Gasteiger partial charge in [0.2, 0.25) is 5.71 Å². The first-order valence-corrected chi connectivity index (χ1v) is 12.9. The van der Waals surface area contributed by atoms with Gasteiger partial charge in [0.05, 0.1) is 0 Å². The van der Waals surface area contributed by atoms with Crippen LogP contribution in [0.25, 0.3) is 0 Å². The van der Waals surface area contributed by atoms with Crippen LogP contribution in [0.2, 0.25) is 0 Å². The zero-order valence-electron chi connectivity index (χ0n) is 20.4. The SMILES string of the molecule is O=C(O)/C(=N/OCc1ccccc1)c1csc(NC(c2ccccc2)(c2ccccc2)c2ccccc2)n1. The molecule has 2 N–H and O–H groups in total. The minimum Gasteiger partial charge on any atom is -0.476 e. The van der Waals surface area contributed by atoms with Crippen LogP contribution in [0.5, 0.6) is 0 Å². The third-order valence-corrected chi connectivity index (χ3v) is 6.85. The zero-order chi connectivity index (χ0) is 26.2. The summed E-state index contributed by atoms with van der Waals surface area (Å²) in [5.74, 6) is -1.21. The van der Waals surface area contributed by atoms with Crippen molar-refractivity contribution in [2.75, 3.05) is 5.32 Å². The summed E-state index contributed by atoms with van der Waals surface area (Å²) < 4.78 is 0. The standard InChI is InChI=1S/C31H25N3O3S/c35-29(36)28(34-37-21-23-13-5-1-6-14-23)27-22-38-30(32-27)33-31(24-15-7-2-8-16-24,25-17-9-3-10-18-25)26-19-11-4-12-20-26/h1-20,22H,21H2,(H,32,33)(H,35,36)/b34-28+. The third kappa shape index (κ3) is 5.33. The fourth-order valence-corrected chi connectivity index (χ4v) is 5.07. The van der Waals surface area contributed by atoms with E-state index < -0.39 is 11.5 Å². The summed E-state index contributed by atoms with van der Waals surface area (Å²) in [6.07, 6.45) is 0. The number of rotatable bonds is 10. The van der Waals surface area contributed by atoms with Gasteiger partial charge in [0, 0.05) is 5.38 Å². The number of nitrogens with zero attached hydrogens (tertiary/aromatic N) is 2. The summed E-state index contributed by atoms with van der Waals surface area (Å²) >= 11 is 1.31. The number of benzene rings is 4. The second kappa shape index (κ2) is 11.5. The van der Waals surface area contributed by atoms with Gasteiger partial charge in [0.25, 0.3) is 0 Å². The van der Waals surface area contributed by atoms with Crippen LogP contribution >= 0.6 is 11.3 Å². The molecule has 0 atom stereocenters. The van der Waals surface area contributed by atoms with Gasteiger partial charge in [0.1, 0.15) is 17.8 Å². The molecule has 38 heavy (non-hydrogen) atoms. The van der Waals surface area contributed by atoms with Crippen molar-refractivity contribution in [1.29, 1.82) is 0 Å². The number of carbonyl (C=O) groups is 1. The molecule has 0 amide bonds. The molecule has 5 aromatic rings. The molecule has 1 heterocycles. The van der Waals surface area contributed by atoms with Crippen LogP contribution < -0.4 is 5.32 Å². The van der Waals surface area contributed by atoms with E-state index in [4.69, 9.17) is 4.84 Å². The Kier molecular flexibility index (Phi) is 7.57. The Morgan fingerprint density at radius 2 is 1.26 bits per heavy atom. The summed E-state index contributed by atoms with van der Waals surface area (Å²) in [4.78, 5) is 22.0. The molecule has 1 aromatic heterocycles. The summed E-state index contributed by atoms with van der Waals surface area (Å²) in [6.45, 7) is 0.159.